The molecule has 1 aliphatic carbocycles. The second-order valence-electron chi connectivity index (χ2n) is 3.28. The van der Waals surface area contributed by atoms with Crippen molar-refractivity contribution in [2.45, 2.75) is 24.8 Å². The lowest BCUT2D eigenvalue weighted by molar-refractivity contribution is 0.145. The Balaban J connectivity index is 2.24. The van der Waals surface area contributed by atoms with E-state index in [0.717, 1.165) is 19.0 Å². The second kappa shape index (κ2) is 2.70. The molecule has 0 atom stereocenters. The average molecular weight is 185 g/mol. The summed E-state index contributed by atoms with van der Waals surface area (Å²) in [6.45, 7) is 0. The highest BCUT2D eigenvalue weighted by Crippen LogP contribution is 2.41. The Morgan fingerprint density at radius 1 is 1.31 bits per heavy atom. The summed E-state index contributed by atoms with van der Waals surface area (Å²) < 4.78 is 24.2. The Morgan fingerprint density at radius 3 is 2.38 bits per heavy atom. The molecule has 1 heterocycles. The van der Waals surface area contributed by atoms with Gasteiger partial charge in [0.1, 0.15) is 5.69 Å². The molecule has 1 aromatic rings. The zero-order valence-electron chi connectivity index (χ0n) is 6.87. The molecule has 2 N–H and O–H groups in total. The standard InChI is InChI=1S/C8H9F2N3/c9-7(10)5-3-13-6(4-12-5)8(11)1-2-8/h3-4,7H,1-2,11H2. The van der Waals surface area contributed by atoms with Crippen molar-refractivity contribution in [3.63, 3.8) is 0 Å². The quantitative estimate of drug-likeness (QED) is 0.756. The van der Waals surface area contributed by atoms with Gasteiger partial charge in [0.2, 0.25) is 0 Å². The first-order valence-electron chi connectivity index (χ1n) is 4.01. The monoisotopic (exact) mass is 185 g/mol. The Hall–Kier alpha value is -1.10. The highest BCUT2D eigenvalue weighted by atomic mass is 19.3. The molecule has 2 rings (SSSR count). The van der Waals surface area contributed by atoms with Gasteiger partial charge in [-0.1, -0.05) is 0 Å². The van der Waals surface area contributed by atoms with Crippen LogP contribution in [0.4, 0.5) is 8.78 Å². The van der Waals surface area contributed by atoms with Gasteiger partial charge in [0, 0.05) is 0 Å². The van der Waals surface area contributed by atoms with Crippen molar-refractivity contribution in [1.82, 2.24) is 9.97 Å². The number of alkyl halides is 2. The molecule has 1 aliphatic rings. The Morgan fingerprint density at radius 2 is 2.00 bits per heavy atom. The van der Waals surface area contributed by atoms with Crippen molar-refractivity contribution in [2.75, 3.05) is 0 Å². The third kappa shape index (κ3) is 1.51. The van der Waals surface area contributed by atoms with Crippen LogP contribution in [0.25, 0.3) is 0 Å². The summed E-state index contributed by atoms with van der Waals surface area (Å²) in [4.78, 5) is 7.46. The molecule has 0 amide bonds. The molecular formula is C8H9F2N3. The van der Waals surface area contributed by atoms with E-state index in [0.29, 0.717) is 5.69 Å². The largest absolute Gasteiger partial charge is 0.320 e. The van der Waals surface area contributed by atoms with Crippen LogP contribution in [-0.4, -0.2) is 9.97 Å². The first kappa shape index (κ1) is 8.50. The van der Waals surface area contributed by atoms with E-state index in [-0.39, 0.29) is 5.69 Å². The molecule has 0 spiro atoms. The molecule has 1 saturated carbocycles. The van der Waals surface area contributed by atoms with Crippen molar-refractivity contribution < 1.29 is 8.78 Å². The van der Waals surface area contributed by atoms with Crippen molar-refractivity contribution in [3.8, 4) is 0 Å². The van der Waals surface area contributed by atoms with Crippen LogP contribution in [0.5, 0.6) is 0 Å². The number of halogens is 2. The fourth-order valence-corrected chi connectivity index (χ4v) is 1.10. The molecule has 0 aliphatic heterocycles. The maximum Gasteiger partial charge on any atom is 0.281 e. The van der Waals surface area contributed by atoms with Crippen LogP contribution in [0.3, 0.4) is 0 Å². The van der Waals surface area contributed by atoms with Gasteiger partial charge in [0.05, 0.1) is 23.6 Å². The Bertz CT molecular complexity index is 306. The van der Waals surface area contributed by atoms with Crippen molar-refractivity contribution >= 4 is 0 Å². The van der Waals surface area contributed by atoms with Crippen molar-refractivity contribution in [1.29, 1.82) is 0 Å². The van der Waals surface area contributed by atoms with E-state index in [1.165, 1.54) is 6.20 Å². The number of rotatable bonds is 2. The zero-order chi connectivity index (χ0) is 9.47. The van der Waals surface area contributed by atoms with E-state index in [1.54, 1.807) is 0 Å². The fourth-order valence-electron chi connectivity index (χ4n) is 1.10. The molecule has 3 nitrogen and oxygen atoms in total. The van der Waals surface area contributed by atoms with E-state index >= 15 is 0 Å². The first-order valence-corrected chi connectivity index (χ1v) is 4.01. The minimum absolute atomic E-state index is 0.298. The predicted octanol–water partition coefficient (Wildman–Crippen LogP) is 1.36. The van der Waals surface area contributed by atoms with Gasteiger partial charge in [-0.2, -0.15) is 0 Å². The lowest BCUT2D eigenvalue weighted by Crippen LogP contribution is -2.20. The molecule has 0 radical (unpaired) electrons. The van der Waals surface area contributed by atoms with Gasteiger partial charge in [-0.25, -0.2) is 8.78 Å². The maximum absolute atomic E-state index is 12.1. The molecule has 70 valence electrons. The predicted molar refractivity (Wildman–Crippen MR) is 42.1 cm³/mol. The summed E-state index contributed by atoms with van der Waals surface area (Å²) in [6.07, 6.45) is 1.58. The summed E-state index contributed by atoms with van der Waals surface area (Å²) >= 11 is 0. The highest BCUT2D eigenvalue weighted by molar-refractivity contribution is 5.20. The topological polar surface area (TPSA) is 51.8 Å². The molecule has 0 saturated heterocycles. The molecule has 5 heteroatoms. The lowest BCUT2D eigenvalue weighted by Gasteiger charge is -2.07. The van der Waals surface area contributed by atoms with Crippen LogP contribution in [0.15, 0.2) is 12.4 Å². The molecule has 0 bridgehead atoms. The van der Waals surface area contributed by atoms with E-state index in [1.807, 2.05) is 0 Å². The molecule has 0 unspecified atom stereocenters. The van der Waals surface area contributed by atoms with Crippen LogP contribution >= 0.6 is 0 Å². The molecule has 0 aromatic carbocycles. The van der Waals surface area contributed by atoms with Gasteiger partial charge in [-0.15, -0.1) is 0 Å². The smallest absolute Gasteiger partial charge is 0.281 e. The minimum atomic E-state index is -2.56. The first-order chi connectivity index (χ1) is 6.12. The fraction of sp³-hybridized carbons (Fsp3) is 0.500. The number of hydrogen-bond acceptors (Lipinski definition) is 3. The van der Waals surface area contributed by atoms with Crippen LogP contribution in [0.2, 0.25) is 0 Å². The summed E-state index contributed by atoms with van der Waals surface area (Å²) in [6, 6.07) is 0. The lowest BCUT2D eigenvalue weighted by atomic mass is 10.2. The molecule has 1 aromatic heterocycles. The minimum Gasteiger partial charge on any atom is -0.320 e. The van der Waals surface area contributed by atoms with Gasteiger partial charge in [-0.05, 0) is 12.8 Å². The Labute approximate surface area is 74.0 Å². The zero-order valence-corrected chi connectivity index (χ0v) is 6.87. The SMILES string of the molecule is NC1(c2cnc(C(F)F)cn2)CC1. The summed E-state index contributed by atoms with van der Waals surface area (Å²) in [5.41, 5.74) is 5.72. The summed E-state index contributed by atoms with van der Waals surface area (Å²) in [7, 11) is 0. The van der Waals surface area contributed by atoms with Crippen LogP contribution in [-0.2, 0) is 5.54 Å². The molecular weight excluding hydrogens is 176 g/mol. The van der Waals surface area contributed by atoms with E-state index in [2.05, 4.69) is 9.97 Å². The van der Waals surface area contributed by atoms with Crippen molar-refractivity contribution in [2.24, 2.45) is 5.73 Å². The van der Waals surface area contributed by atoms with Gasteiger partial charge < -0.3 is 5.73 Å². The highest BCUT2D eigenvalue weighted by Gasteiger charge is 2.41. The summed E-state index contributed by atoms with van der Waals surface area (Å²) in [5, 5.41) is 0. The van der Waals surface area contributed by atoms with Crippen LogP contribution in [0, 0.1) is 0 Å². The van der Waals surface area contributed by atoms with Crippen LogP contribution < -0.4 is 5.73 Å². The van der Waals surface area contributed by atoms with Gasteiger partial charge in [-0.3, -0.25) is 9.97 Å². The van der Waals surface area contributed by atoms with E-state index in [4.69, 9.17) is 5.73 Å². The van der Waals surface area contributed by atoms with E-state index in [9.17, 15) is 8.78 Å². The average Bonchev–Trinajstić information content (AvgIpc) is 2.85. The number of aromatic nitrogens is 2. The number of nitrogens with two attached hydrogens (primary N) is 1. The van der Waals surface area contributed by atoms with E-state index < -0.39 is 12.0 Å². The van der Waals surface area contributed by atoms with Gasteiger partial charge in [0.25, 0.3) is 6.43 Å². The summed E-state index contributed by atoms with van der Waals surface area (Å²) in [5.74, 6) is 0. The number of nitrogens with zero attached hydrogens (tertiary/aromatic N) is 2. The van der Waals surface area contributed by atoms with Gasteiger partial charge in [0.15, 0.2) is 0 Å². The maximum atomic E-state index is 12.1. The van der Waals surface area contributed by atoms with Crippen LogP contribution in [0.1, 0.15) is 30.7 Å². The van der Waals surface area contributed by atoms with Crippen molar-refractivity contribution in [3.05, 3.63) is 23.8 Å². The third-order valence-electron chi connectivity index (χ3n) is 2.19. The van der Waals surface area contributed by atoms with Gasteiger partial charge >= 0.3 is 0 Å². The molecule has 13 heavy (non-hydrogen) atoms. The molecule has 1 fully saturated rings. The third-order valence-corrected chi connectivity index (χ3v) is 2.19. The second-order valence-corrected chi connectivity index (χ2v) is 3.28. The normalized spacial score (nSPS) is 19.1. The Kier molecular flexibility index (Phi) is 1.76. The number of hydrogen-bond donors (Lipinski definition) is 1.